The molecule has 36 heavy (non-hydrogen) atoms. The predicted octanol–water partition coefficient (Wildman–Crippen LogP) is 5.95. The number of aryl methyl sites for hydroxylation is 1. The van der Waals surface area contributed by atoms with Gasteiger partial charge < -0.3 is 15.0 Å². The van der Waals surface area contributed by atoms with Gasteiger partial charge in [0, 0.05) is 24.0 Å². The third-order valence-electron chi connectivity index (χ3n) is 6.04. The molecule has 0 spiro atoms. The molecule has 0 heterocycles. The summed E-state index contributed by atoms with van der Waals surface area (Å²) in [5, 5.41) is 3.04. The van der Waals surface area contributed by atoms with Gasteiger partial charge in [0.05, 0.1) is 0 Å². The Kier molecular flexibility index (Phi) is 11.0. The van der Waals surface area contributed by atoms with Crippen molar-refractivity contribution < 1.29 is 14.3 Å². The smallest absolute Gasteiger partial charge is 0.261 e. The minimum Gasteiger partial charge on any atom is -0.484 e. The highest BCUT2D eigenvalue weighted by Gasteiger charge is 2.30. The van der Waals surface area contributed by atoms with Crippen molar-refractivity contribution in [1.29, 1.82) is 0 Å². The topological polar surface area (TPSA) is 58.6 Å². The van der Waals surface area contributed by atoms with Gasteiger partial charge in [-0.3, -0.25) is 9.59 Å². The summed E-state index contributed by atoms with van der Waals surface area (Å²) in [6, 6.07) is 24.7. The maximum atomic E-state index is 13.6. The zero-order valence-electron chi connectivity index (χ0n) is 21.1. The summed E-state index contributed by atoms with van der Waals surface area (Å²) in [7, 11) is 0. The molecular formula is C30H35BrN2O3. The molecule has 6 heteroatoms. The van der Waals surface area contributed by atoms with Crippen molar-refractivity contribution in [2.75, 3.05) is 13.2 Å². The number of hydrogen-bond donors (Lipinski definition) is 1. The largest absolute Gasteiger partial charge is 0.484 e. The number of carbonyl (C=O) groups excluding carboxylic acids is 2. The van der Waals surface area contributed by atoms with Crippen LogP contribution in [0.4, 0.5) is 0 Å². The van der Waals surface area contributed by atoms with Gasteiger partial charge in [0.2, 0.25) is 5.91 Å². The minimum absolute atomic E-state index is 0.146. The van der Waals surface area contributed by atoms with E-state index >= 15 is 0 Å². The zero-order chi connectivity index (χ0) is 25.8. The molecule has 0 aromatic heterocycles. The number of halogens is 1. The van der Waals surface area contributed by atoms with Crippen LogP contribution < -0.4 is 10.1 Å². The number of carbonyl (C=O) groups is 2. The van der Waals surface area contributed by atoms with Crippen molar-refractivity contribution in [3.63, 3.8) is 0 Å². The normalized spacial score (nSPS) is 11.5. The fraction of sp³-hybridized carbons (Fsp3) is 0.333. The van der Waals surface area contributed by atoms with Crippen LogP contribution in [0.15, 0.2) is 83.3 Å². The molecule has 0 saturated carbocycles. The van der Waals surface area contributed by atoms with Crippen LogP contribution in [-0.2, 0) is 29.0 Å². The van der Waals surface area contributed by atoms with E-state index in [1.165, 1.54) is 5.56 Å². The van der Waals surface area contributed by atoms with E-state index in [1.54, 1.807) is 4.90 Å². The first-order chi connectivity index (χ1) is 17.5. The molecule has 0 saturated heterocycles. The summed E-state index contributed by atoms with van der Waals surface area (Å²) in [4.78, 5) is 28.7. The van der Waals surface area contributed by atoms with Crippen molar-refractivity contribution in [3.05, 3.63) is 100 Å². The van der Waals surface area contributed by atoms with E-state index in [2.05, 4.69) is 35.1 Å². The lowest BCUT2D eigenvalue weighted by molar-refractivity contribution is -0.142. The minimum atomic E-state index is -0.665. The molecule has 5 nitrogen and oxygen atoms in total. The van der Waals surface area contributed by atoms with E-state index < -0.39 is 6.04 Å². The van der Waals surface area contributed by atoms with Gasteiger partial charge in [-0.25, -0.2) is 0 Å². The molecule has 2 amide bonds. The van der Waals surface area contributed by atoms with Crippen LogP contribution in [0.5, 0.6) is 5.75 Å². The maximum Gasteiger partial charge on any atom is 0.261 e. The third kappa shape index (κ3) is 8.52. The number of benzene rings is 3. The Balaban J connectivity index is 1.86. The Morgan fingerprint density at radius 1 is 0.917 bits per heavy atom. The summed E-state index contributed by atoms with van der Waals surface area (Å²) in [6.45, 7) is 4.92. The average Bonchev–Trinajstić information content (AvgIpc) is 2.90. The van der Waals surface area contributed by atoms with Crippen LogP contribution in [0.2, 0.25) is 0 Å². The highest BCUT2D eigenvalue weighted by molar-refractivity contribution is 9.10. The van der Waals surface area contributed by atoms with Crippen molar-refractivity contribution in [2.45, 2.75) is 52.1 Å². The van der Waals surface area contributed by atoms with E-state index in [0.29, 0.717) is 25.3 Å². The number of amides is 2. The summed E-state index contributed by atoms with van der Waals surface area (Å²) >= 11 is 3.52. The van der Waals surface area contributed by atoms with Gasteiger partial charge in [0.25, 0.3) is 5.91 Å². The Morgan fingerprint density at radius 3 is 2.31 bits per heavy atom. The Bertz CT molecular complexity index is 1100. The number of rotatable bonds is 13. The van der Waals surface area contributed by atoms with Crippen molar-refractivity contribution in [3.8, 4) is 5.75 Å². The molecule has 0 aliphatic carbocycles. The highest BCUT2D eigenvalue weighted by Crippen LogP contribution is 2.19. The van der Waals surface area contributed by atoms with Crippen molar-refractivity contribution in [1.82, 2.24) is 10.2 Å². The number of hydrogen-bond acceptors (Lipinski definition) is 3. The Labute approximate surface area is 223 Å². The van der Waals surface area contributed by atoms with Crippen LogP contribution in [0.3, 0.4) is 0 Å². The molecular weight excluding hydrogens is 516 g/mol. The second-order valence-corrected chi connectivity index (χ2v) is 9.70. The first-order valence-electron chi connectivity index (χ1n) is 12.6. The van der Waals surface area contributed by atoms with Crippen LogP contribution in [-0.4, -0.2) is 35.9 Å². The SMILES string of the molecule is CCCCNC(=O)[C@@H](Cc1ccccc1)N(Cc1cccc(Br)c1)C(=O)COc1ccc(CC)cc1. The fourth-order valence-corrected chi connectivity index (χ4v) is 4.39. The van der Waals surface area contributed by atoms with Gasteiger partial charge in [-0.15, -0.1) is 0 Å². The molecule has 3 aromatic rings. The first kappa shape index (κ1) is 27.5. The monoisotopic (exact) mass is 550 g/mol. The lowest BCUT2D eigenvalue weighted by atomic mass is 10.0. The molecule has 190 valence electrons. The highest BCUT2D eigenvalue weighted by atomic mass is 79.9. The Hall–Kier alpha value is -3.12. The van der Waals surface area contributed by atoms with Crippen LogP contribution in [0.1, 0.15) is 43.4 Å². The van der Waals surface area contributed by atoms with E-state index in [0.717, 1.165) is 34.9 Å². The second kappa shape index (κ2) is 14.4. The number of nitrogens with one attached hydrogen (secondary N) is 1. The van der Waals surface area contributed by atoms with Crippen molar-refractivity contribution in [2.24, 2.45) is 0 Å². The lowest BCUT2D eigenvalue weighted by Crippen LogP contribution is -2.51. The number of ether oxygens (including phenoxy) is 1. The molecule has 0 bridgehead atoms. The summed E-state index contributed by atoms with van der Waals surface area (Å²) in [6.07, 6.45) is 3.23. The number of unbranched alkanes of at least 4 members (excludes halogenated alkanes) is 1. The first-order valence-corrected chi connectivity index (χ1v) is 13.4. The van der Waals surface area contributed by atoms with Gasteiger partial charge >= 0.3 is 0 Å². The molecule has 3 rings (SSSR count). The summed E-state index contributed by atoms with van der Waals surface area (Å²) in [5.41, 5.74) is 3.14. The molecule has 1 N–H and O–H groups in total. The van der Waals surface area contributed by atoms with Crippen LogP contribution >= 0.6 is 15.9 Å². The van der Waals surface area contributed by atoms with E-state index in [-0.39, 0.29) is 18.4 Å². The molecule has 1 atom stereocenters. The summed E-state index contributed by atoms with van der Waals surface area (Å²) in [5.74, 6) is 0.249. The number of nitrogens with zero attached hydrogens (tertiary/aromatic N) is 1. The zero-order valence-corrected chi connectivity index (χ0v) is 22.7. The van der Waals surface area contributed by atoms with Gasteiger partial charge in [0.1, 0.15) is 11.8 Å². The van der Waals surface area contributed by atoms with Gasteiger partial charge in [-0.05, 0) is 53.8 Å². The van der Waals surface area contributed by atoms with Gasteiger partial charge in [-0.2, -0.15) is 0 Å². The quantitative estimate of drug-likeness (QED) is 0.267. The lowest BCUT2D eigenvalue weighted by Gasteiger charge is -2.31. The molecule has 0 unspecified atom stereocenters. The molecule has 3 aromatic carbocycles. The van der Waals surface area contributed by atoms with Crippen LogP contribution in [0, 0.1) is 0 Å². The maximum absolute atomic E-state index is 13.6. The van der Waals surface area contributed by atoms with Gasteiger partial charge in [0.15, 0.2) is 6.61 Å². The van der Waals surface area contributed by atoms with E-state index in [1.807, 2.05) is 78.9 Å². The van der Waals surface area contributed by atoms with E-state index in [9.17, 15) is 9.59 Å². The van der Waals surface area contributed by atoms with Gasteiger partial charge in [-0.1, -0.05) is 90.8 Å². The molecule has 0 fully saturated rings. The predicted molar refractivity (Wildman–Crippen MR) is 148 cm³/mol. The average molecular weight is 552 g/mol. The third-order valence-corrected chi connectivity index (χ3v) is 6.53. The second-order valence-electron chi connectivity index (χ2n) is 8.79. The summed E-state index contributed by atoms with van der Waals surface area (Å²) < 4.78 is 6.78. The molecule has 0 aliphatic heterocycles. The van der Waals surface area contributed by atoms with Crippen LogP contribution in [0.25, 0.3) is 0 Å². The van der Waals surface area contributed by atoms with E-state index in [4.69, 9.17) is 4.74 Å². The Morgan fingerprint density at radius 2 is 1.64 bits per heavy atom. The molecule has 0 aliphatic rings. The molecule has 0 radical (unpaired) electrons. The standard InChI is InChI=1S/C30H35BrN2O3/c1-3-5-18-32-30(35)28(20-24-10-7-6-8-11-24)33(21-25-12-9-13-26(31)19-25)29(34)22-36-27-16-14-23(4-2)15-17-27/h6-17,19,28H,3-5,18,20-22H2,1-2H3,(H,32,35)/t28-/m1/s1. The van der Waals surface area contributed by atoms with Crippen molar-refractivity contribution >= 4 is 27.7 Å². The fourth-order valence-electron chi connectivity index (χ4n) is 3.94.